The molecule has 0 fully saturated rings. The van der Waals surface area contributed by atoms with Crippen LogP contribution in [0.1, 0.15) is 52.5 Å². The fourth-order valence-electron chi connectivity index (χ4n) is 3.42. The van der Waals surface area contributed by atoms with Gasteiger partial charge in [0.1, 0.15) is 23.9 Å². The standard InChI is InChI=1S/C25H38N4O8/c1-13(2)11-19(25(36)37)29-23(34)18(12-15-5-7-16(30)8-6-15)28-22(33)17(9-10-20(31)32)27-24(35)21(26)14(3)4/h5-8,13-14,17-19,21,30H,9-12,26H2,1-4H3,(H,27,35)(H,28,33)(H,29,34)(H,31,32)(H,36,37). The Kier molecular flexibility index (Phi) is 12.5. The van der Waals surface area contributed by atoms with Gasteiger partial charge in [-0.15, -0.1) is 0 Å². The van der Waals surface area contributed by atoms with Crippen LogP contribution in [0.15, 0.2) is 24.3 Å². The number of carboxylic acid groups (broad SMARTS) is 2. The predicted molar refractivity (Wildman–Crippen MR) is 134 cm³/mol. The molecular formula is C25H38N4O8. The first kappa shape index (κ1) is 31.4. The molecule has 0 heterocycles. The molecule has 8 N–H and O–H groups in total. The molecule has 1 rings (SSSR count). The fraction of sp³-hybridized carbons (Fsp3) is 0.560. The van der Waals surface area contributed by atoms with Gasteiger partial charge in [0, 0.05) is 12.8 Å². The van der Waals surface area contributed by atoms with Gasteiger partial charge in [-0.25, -0.2) is 4.79 Å². The van der Waals surface area contributed by atoms with Gasteiger partial charge in [-0.3, -0.25) is 19.2 Å². The Balaban J connectivity index is 3.19. The van der Waals surface area contributed by atoms with E-state index in [0.717, 1.165) is 0 Å². The van der Waals surface area contributed by atoms with E-state index < -0.39 is 60.2 Å². The maximum Gasteiger partial charge on any atom is 0.326 e. The number of phenols is 1. The number of carboxylic acids is 2. The van der Waals surface area contributed by atoms with E-state index in [1.165, 1.54) is 24.3 Å². The highest BCUT2D eigenvalue weighted by Gasteiger charge is 2.31. The highest BCUT2D eigenvalue weighted by atomic mass is 16.4. The highest BCUT2D eigenvalue weighted by molar-refractivity contribution is 5.94. The summed E-state index contributed by atoms with van der Waals surface area (Å²) in [5.74, 6) is -4.94. The van der Waals surface area contributed by atoms with E-state index in [-0.39, 0.29) is 36.8 Å². The van der Waals surface area contributed by atoms with Crippen LogP contribution < -0.4 is 21.7 Å². The molecule has 0 radical (unpaired) electrons. The van der Waals surface area contributed by atoms with E-state index in [0.29, 0.717) is 5.56 Å². The van der Waals surface area contributed by atoms with Crippen LogP contribution in [0.25, 0.3) is 0 Å². The van der Waals surface area contributed by atoms with Crippen LogP contribution in [-0.4, -0.2) is 69.1 Å². The minimum Gasteiger partial charge on any atom is -0.508 e. The number of aliphatic carboxylic acids is 2. The van der Waals surface area contributed by atoms with Gasteiger partial charge in [0.05, 0.1) is 6.04 Å². The van der Waals surface area contributed by atoms with Crippen molar-refractivity contribution < 1.29 is 39.3 Å². The molecule has 0 bridgehead atoms. The second-order valence-corrected chi connectivity index (χ2v) is 9.72. The van der Waals surface area contributed by atoms with Crippen molar-refractivity contribution in [1.29, 1.82) is 0 Å². The van der Waals surface area contributed by atoms with E-state index >= 15 is 0 Å². The van der Waals surface area contributed by atoms with Crippen molar-refractivity contribution in [2.24, 2.45) is 17.6 Å². The van der Waals surface area contributed by atoms with Crippen molar-refractivity contribution in [2.45, 2.75) is 77.5 Å². The number of phenolic OH excluding ortho intramolecular Hbond substituents is 1. The third-order valence-electron chi connectivity index (χ3n) is 5.63. The second kappa shape index (κ2) is 14.8. The summed E-state index contributed by atoms with van der Waals surface area (Å²) in [6.45, 7) is 7.03. The molecule has 37 heavy (non-hydrogen) atoms. The fourth-order valence-corrected chi connectivity index (χ4v) is 3.42. The van der Waals surface area contributed by atoms with Gasteiger partial charge in [0.25, 0.3) is 0 Å². The number of amides is 3. The normalized spacial score (nSPS) is 14.4. The zero-order chi connectivity index (χ0) is 28.3. The van der Waals surface area contributed by atoms with Gasteiger partial charge in [0.2, 0.25) is 17.7 Å². The molecule has 4 atom stereocenters. The van der Waals surface area contributed by atoms with Crippen LogP contribution in [0.3, 0.4) is 0 Å². The van der Waals surface area contributed by atoms with E-state index in [4.69, 9.17) is 10.8 Å². The van der Waals surface area contributed by atoms with Gasteiger partial charge >= 0.3 is 11.9 Å². The molecule has 12 heteroatoms. The van der Waals surface area contributed by atoms with Crippen LogP contribution in [0.4, 0.5) is 0 Å². The molecule has 0 aliphatic carbocycles. The molecule has 0 saturated heterocycles. The van der Waals surface area contributed by atoms with Crippen LogP contribution in [0.2, 0.25) is 0 Å². The Morgan fingerprint density at radius 1 is 0.811 bits per heavy atom. The molecule has 0 aliphatic heterocycles. The molecule has 1 aromatic carbocycles. The number of hydrogen-bond acceptors (Lipinski definition) is 7. The lowest BCUT2D eigenvalue weighted by atomic mass is 10.0. The SMILES string of the molecule is CC(C)CC(NC(=O)C(Cc1ccc(O)cc1)NC(=O)C(CCC(=O)O)NC(=O)C(N)C(C)C)C(=O)O. The first-order valence-corrected chi connectivity index (χ1v) is 12.1. The molecule has 206 valence electrons. The Hall–Kier alpha value is -3.67. The molecule has 12 nitrogen and oxygen atoms in total. The molecule has 0 saturated carbocycles. The lowest BCUT2D eigenvalue weighted by Crippen LogP contribution is -2.58. The number of rotatable bonds is 15. The summed E-state index contributed by atoms with van der Waals surface area (Å²) in [6, 6.07) is 1.18. The van der Waals surface area contributed by atoms with Gasteiger partial charge in [-0.1, -0.05) is 39.8 Å². The van der Waals surface area contributed by atoms with E-state index in [1.54, 1.807) is 27.7 Å². The third kappa shape index (κ3) is 11.3. The van der Waals surface area contributed by atoms with Crippen molar-refractivity contribution in [2.75, 3.05) is 0 Å². The van der Waals surface area contributed by atoms with Crippen molar-refractivity contribution in [3.05, 3.63) is 29.8 Å². The Labute approximate surface area is 216 Å². The summed E-state index contributed by atoms with van der Waals surface area (Å²) in [5.41, 5.74) is 6.41. The summed E-state index contributed by atoms with van der Waals surface area (Å²) < 4.78 is 0. The zero-order valence-electron chi connectivity index (χ0n) is 21.6. The zero-order valence-corrected chi connectivity index (χ0v) is 21.6. The van der Waals surface area contributed by atoms with Gasteiger partial charge in [-0.2, -0.15) is 0 Å². The summed E-state index contributed by atoms with van der Waals surface area (Å²) in [5, 5.41) is 35.6. The Bertz CT molecular complexity index is 949. The monoisotopic (exact) mass is 522 g/mol. The molecule has 1 aromatic rings. The largest absolute Gasteiger partial charge is 0.508 e. The maximum atomic E-state index is 13.1. The minimum atomic E-state index is -1.30. The smallest absolute Gasteiger partial charge is 0.326 e. The molecule has 4 unspecified atom stereocenters. The van der Waals surface area contributed by atoms with E-state index in [1.807, 2.05) is 0 Å². The Morgan fingerprint density at radius 3 is 1.81 bits per heavy atom. The lowest BCUT2D eigenvalue weighted by molar-refractivity contribution is -0.142. The van der Waals surface area contributed by atoms with E-state index in [9.17, 15) is 34.2 Å². The van der Waals surface area contributed by atoms with Gasteiger partial charge in [-0.05, 0) is 42.4 Å². The number of carbonyl (C=O) groups is 5. The molecule has 0 aliphatic rings. The summed E-state index contributed by atoms with van der Waals surface area (Å²) in [7, 11) is 0. The summed E-state index contributed by atoms with van der Waals surface area (Å²) in [4.78, 5) is 61.5. The number of aromatic hydroxyl groups is 1. The van der Waals surface area contributed by atoms with Crippen molar-refractivity contribution >= 4 is 29.7 Å². The van der Waals surface area contributed by atoms with E-state index in [2.05, 4.69) is 16.0 Å². The van der Waals surface area contributed by atoms with Crippen molar-refractivity contribution in [3.63, 3.8) is 0 Å². The van der Waals surface area contributed by atoms with Crippen LogP contribution in [-0.2, 0) is 30.4 Å². The number of nitrogens with one attached hydrogen (secondary N) is 3. The van der Waals surface area contributed by atoms with Crippen LogP contribution >= 0.6 is 0 Å². The molecule has 0 spiro atoms. The van der Waals surface area contributed by atoms with Crippen LogP contribution in [0, 0.1) is 11.8 Å². The first-order valence-electron chi connectivity index (χ1n) is 12.1. The maximum absolute atomic E-state index is 13.1. The average molecular weight is 523 g/mol. The van der Waals surface area contributed by atoms with Gasteiger partial charge in [0.15, 0.2) is 0 Å². The Morgan fingerprint density at radius 2 is 1.32 bits per heavy atom. The minimum absolute atomic E-state index is 0.00500. The second-order valence-electron chi connectivity index (χ2n) is 9.72. The van der Waals surface area contributed by atoms with Gasteiger partial charge < -0.3 is 37.0 Å². The number of benzene rings is 1. The van der Waals surface area contributed by atoms with Crippen molar-refractivity contribution in [3.8, 4) is 5.75 Å². The average Bonchev–Trinajstić information content (AvgIpc) is 2.80. The van der Waals surface area contributed by atoms with Crippen LogP contribution in [0.5, 0.6) is 5.75 Å². The van der Waals surface area contributed by atoms with Crippen molar-refractivity contribution in [1.82, 2.24) is 16.0 Å². The quantitative estimate of drug-likeness (QED) is 0.169. The summed E-state index contributed by atoms with van der Waals surface area (Å²) in [6.07, 6.45) is -0.585. The summed E-state index contributed by atoms with van der Waals surface area (Å²) >= 11 is 0. The first-order chi connectivity index (χ1) is 17.2. The number of nitrogens with two attached hydrogens (primary N) is 1. The highest BCUT2D eigenvalue weighted by Crippen LogP contribution is 2.13. The third-order valence-corrected chi connectivity index (χ3v) is 5.63. The predicted octanol–water partition coefficient (Wildman–Crippen LogP) is 0.368. The molecule has 0 aromatic heterocycles. The molecular weight excluding hydrogens is 484 g/mol. The topological polar surface area (TPSA) is 208 Å². The number of carbonyl (C=O) groups excluding carboxylic acids is 3. The lowest BCUT2D eigenvalue weighted by Gasteiger charge is -2.26. The number of hydrogen-bond donors (Lipinski definition) is 7. The molecule has 3 amide bonds.